The smallest absolute Gasteiger partial charge is 0.0533 e. The van der Waals surface area contributed by atoms with E-state index in [-0.39, 0.29) is 0 Å². The van der Waals surface area contributed by atoms with Crippen LogP contribution in [0.1, 0.15) is 200 Å². The minimum Gasteiger partial charge on any atom is -0.0683 e. The summed E-state index contributed by atoms with van der Waals surface area (Å²) in [5.41, 5.74) is 0. The van der Waals surface area contributed by atoms with Crippen molar-refractivity contribution in [3.63, 3.8) is 0 Å². The topological polar surface area (TPSA) is 0 Å². The first-order valence-corrected chi connectivity index (χ1v) is 14.7. The Morgan fingerprint density at radius 2 is 0.367 bits per heavy atom. The van der Waals surface area contributed by atoms with Gasteiger partial charge in [-0.15, -0.1) is 0 Å². The quantitative estimate of drug-likeness (QED) is 0.268. The van der Waals surface area contributed by atoms with Crippen molar-refractivity contribution in [2.75, 3.05) is 0 Å². The van der Waals surface area contributed by atoms with Gasteiger partial charge in [-0.3, -0.25) is 0 Å². The molecule has 0 aromatic heterocycles. The fourth-order valence-electron chi connectivity index (χ4n) is 1.88. The van der Waals surface area contributed by atoms with Crippen molar-refractivity contribution in [2.24, 2.45) is 0 Å². The Morgan fingerprint density at radius 3 is 0.500 bits per heavy atom. The number of rotatable bonds is 12. The highest BCUT2D eigenvalue weighted by molar-refractivity contribution is 4.43. The Kier molecular flexibility index (Phi) is 141. The van der Waals surface area contributed by atoms with Gasteiger partial charge in [0.1, 0.15) is 0 Å². The van der Waals surface area contributed by atoms with Gasteiger partial charge in [0.05, 0.1) is 0 Å². The van der Waals surface area contributed by atoms with Gasteiger partial charge in [-0.05, 0) is 0 Å². The molecule has 0 radical (unpaired) electrons. The van der Waals surface area contributed by atoms with Gasteiger partial charge in [-0.1, -0.05) is 200 Å². The molecule has 0 rings (SSSR count). The molecule has 0 nitrogen and oxygen atoms in total. The molecule has 0 fully saturated rings. The first-order valence-electron chi connectivity index (χ1n) is 14.7. The van der Waals surface area contributed by atoms with Crippen molar-refractivity contribution in [3.8, 4) is 0 Å². The lowest BCUT2D eigenvalue weighted by Gasteiger charge is -1.97. The molecule has 0 saturated carbocycles. The van der Waals surface area contributed by atoms with Crippen LogP contribution >= 0.6 is 0 Å². The number of unbranched alkanes of at least 4 members (excludes halogenated alkanes) is 12. The van der Waals surface area contributed by atoms with Gasteiger partial charge in [-0.25, -0.2) is 0 Å². The molecule has 0 atom stereocenters. The van der Waals surface area contributed by atoms with E-state index in [1.54, 1.807) is 0 Å². The van der Waals surface area contributed by atoms with Gasteiger partial charge in [0.15, 0.2) is 0 Å². The maximum atomic E-state index is 2.27. The van der Waals surface area contributed by atoms with E-state index in [9.17, 15) is 0 Å². The fourth-order valence-corrected chi connectivity index (χ4v) is 1.88. The Labute approximate surface area is 199 Å². The highest BCUT2D eigenvalue weighted by Crippen LogP contribution is 2.07. The highest BCUT2D eigenvalue weighted by atomic mass is 13.9. The summed E-state index contributed by atoms with van der Waals surface area (Å²) in [6, 6.07) is 0. The molecule has 0 aromatic rings. The largest absolute Gasteiger partial charge is 0.0683 e. The van der Waals surface area contributed by atoms with Crippen LogP contribution < -0.4 is 0 Å². The minimum absolute atomic E-state index is 1.25. The number of hydrogen-bond acceptors (Lipinski definition) is 0. The Morgan fingerprint density at radius 1 is 0.233 bits per heavy atom. The van der Waals surface area contributed by atoms with E-state index in [0.717, 1.165) is 0 Å². The average molecular weight is 435 g/mol. The van der Waals surface area contributed by atoms with Crippen molar-refractivity contribution in [1.29, 1.82) is 0 Å². The van der Waals surface area contributed by atoms with Crippen LogP contribution in [0.15, 0.2) is 0 Å². The highest BCUT2D eigenvalue weighted by Gasteiger charge is 1.87. The summed E-state index contributed by atoms with van der Waals surface area (Å²) in [6.07, 6.45) is 22.4. The molecule has 0 bridgehead atoms. The van der Waals surface area contributed by atoms with Crippen molar-refractivity contribution in [3.05, 3.63) is 0 Å². The van der Waals surface area contributed by atoms with Crippen molar-refractivity contribution in [2.45, 2.75) is 200 Å². The molecule has 0 unspecified atom stereocenters. The molecule has 0 heteroatoms. The summed E-state index contributed by atoms with van der Waals surface area (Å²) in [4.78, 5) is 0. The summed E-state index contributed by atoms with van der Waals surface area (Å²) in [5, 5.41) is 0. The molecule has 0 amide bonds. The van der Waals surface area contributed by atoms with E-state index in [2.05, 4.69) is 55.4 Å². The van der Waals surface area contributed by atoms with Crippen LogP contribution in [0.2, 0.25) is 0 Å². The summed E-state index contributed by atoms with van der Waals surface area (Å²) in [6.45, 7) is 29.6. The minimum atomic E-state index is 1.25. The Hall–Kier alpha value is 0. The maximum Gasteiger partial charge on any atom is -0.0533 e. The van der Waals surface area contributed by atoms with Crippen LogP contribution in [0.4, 0.5) is 0 Å². The zero-order valence-electron chi connectivity index (χ0n) is 25.3. The standard InChI is InChI=1S/C10H22.C7H16.C4H10.C3H8.3C2H6/c1-3-5-7-9-10-8-6-4-2;1-3-5-7-6-4-2;1-3-4-2;1-3-2;3*1-2/h3-10H2,1-2H3;3-7H2,1-2H3;3-4H2,1-2H3;3H2,1-2H3;3*1-2H3. The Bertz CT molecular complexity index is 114. The molecule has 194 valence electrons. The molecule has 30 heavy (non-hydrogen) atoms. The summed E-state index contributed by atoms with van der Waals surface area (Å²) in [7, 11) is 0. The van der Waals surface area contributed by atoms with Crippen molar-refractivity contribution >= 4 is 0 Å². The molecular formula is C30H74. The average Bonchev–Trinajstić information content (AvgIpc) is 2.82. The Balaban J connectivity index is -0.0000000463. The van der Waals surface area contributed by atoms with Crippen LogP contribution in [-0.2, 0) is 0 Å². The van der Waals surface area contributed by atoms with Crippen molar-refractivity contribution < 1.29 is 0 Å². The summed E-state index contributed by atoms with van der Waals surface area (Å²) >= 11 is 0. The lowest BCUT2D eigenvalue weighted by molar-refractivity contribution is 0.585. The molecule has 0 spiro atoms. The van der Waals surface area contributed by atoms with Crippen molar-refractivity contribution in [1.82, 2.24) is 0 Å². The van der Waals surface area contributed by atoms with Crippen LogP contribution in [-0.4, -0.2) is 0 Å². The van der Waals surface area contributed by atoms with E-state index in [0.29, 0.717) is 0 Å². The monoisotopic (exact) mass is 435 g/mol. The second-order valence-electron chi connectivity index (χ2n) is 6.89. The van der Waals surface area contributed by atoms with Gasteiger partial charge in [0.2, 0.25) is 0 Å². The van der Waals surface area contributed by atoms with Gasteiger partial charge < -0.3 is 0 Å². The molecule has 0 aliphatic heterocycles. The van der Waals surface area contributed by atoms with Crippen LogP contribution in [0.25, 0.3) is 0 Å². The van der Waals surface area contributed by atoms with E-state index >= 15 is 0 Å². The van der Waals surface area contributed by atoms with Gasteiger partial charge in [0.25, 0.3) is 0 Å². The fraction of sp³-hybridized carbons (Fsp3) is 1.00. The molecular weight excluding hydrogens is 360 g/mol. The lowest BCUT2D eigenvalue weighted by Crippen LogP contribution is -1.77. The third kappa shape index (κ3) is 142. The molecule has 0 aliphatic rings. The van der Waals surface area contributed by atoms with Crippen LogP contribution in [0.3, 0.4) is 0 Å². The van der Waals surface area contributed by atoms with E-state index in [4.69, 9.17) is 0 Å². The van der Waals surface area contributed by atoms with Crippen LogP contribution in [0, 0.1) is 0 Å². The second kappa shape index (κ2) is 88.8. The second-order valence-corrected chi connectivity index (χ2v) is 6.89. The van der Waals surface area contributed by atoms with Gasteiger partial charge in [-0.2, -0.15) is 0 Å². The van der Waals surface area contributed by atoms with E-state index < -0.39 is 0 Å². The predicted molar refractivity (Wildman–Crippen MR) is 153 cm³/mol. The maximum absolute atomic E-state index is 2.27. The third-order valence-corrected chi connectivity index (χ3v) is 3.66. The zero-order chi connectivity index (χ0) is 25.3. The first kappa shape index (κ1) is 47.7. The molecule has 0 saturated heterocycles. The van der Waals surface area contributed by atoms with Gasteiger partial charge >= 0.3 is 0 Å². The lowest BCUT2D eigenvalue weighted by atomic mass is 10.1. The molecule has 0 heterocycles. The molecule has 0 aromatic carbocycles. The van der Waals surface area contributed by atoms with E-state index in [1.807, 2.05) is 41.5 Å². The zero-order valence-corrected chi connectivity index (χ0v) is 25.3. The first-order chi connectivity index (χ1) is 14.7. The predicted octanol–water partition coefficient (Wildman–Crippen LogP) is 13.4. The van der Waals surface area contributed by atoms with Gasteiger partial charge in [0, 0.05) is 0 Å². The molecule has 0 N–H and O–H groups in total. The summed E-state index contributed by atoms with van der Waals surface area (Å²) < 4.78 is 0. The van der Waals surface area contributed by atoms with Crippen LogP contribution in [0.5, 0.6) is 0 Å². The molecule has 0 aliphatic carbocycles. The van der Waals surface area contributed by atoms with E-state index in [1.165, 1.54) is 103 Å². The summed E-state index contributed by atoms with van der Waals surface area (Å²) in [5.74, 6) is 0. The normalized spacial score (nSPS) is 7.80. The number of hydrogen-bond donors (Lipinski definition) is 0. The SMILES string of the molecule is CC.CC.CC.CCC.CCCC.CCCCCCC.CCCCCCCCCC. The third-order valence-electron chi connectivity index (χ3n) is 3.66.